The van der Waals surface area contributed by atoms with E-state index in [2.05, 4.69) is 9.65 Å². The SMILES string of the molecule is CCn1c2ccccc2c2c(OP(=O)(NC(C)C(=O)OC(C)C)OCC3OC(n4ccc(=O)[nH]c4=O)C(C)(F)C3O)cccc21. The molecule has 242 valence electrons. The average Bonchev–Trinajstić information content (AvgIpc) is 3.42. The molecule has 1 aliphatic rings. The second-order valence-corrected chi connectivity index (χ2v) is 13.0. The molecule has 0 saturated carbocycles. The number of halogens is 1. The number of H-pyrrole nitrogens is 1. The van der Waals surface area contributed by atoms with Crippen LogP contribution in [0.25, 0.3) is 21.8 Å². The lowest BCUT2D eigenvalue weighted by Gasteiger charge is -2.25. The molecular formula is C30H36FN4O9P. The van der Waals surface area contributed by atoms with Crippen molar-refractivity contribution < 1.29 is 37.4 Å². The first-order valence-corrected chi connectivity index (χ1v) is 16.1. The molecule has 0 radical (unpaired) electrons. The number of aromatic nitrogens is 3. The Kier molecular flexibility index (Phi) is 9.07. The maximum atomic E-state index is 15.8. The minimum atomic E-state index is -4.49. The van der Waals surface area contributed by atoms with Crippen LogP contribution in [-0.4, -0.2) is 61.8 Å². The molecule has 3 heterocycles. The molecule has 0 amide bonds. The fourth-order valence-corrected chi connectivity index (χ4v) is 6.97. The van der Waals surface area contributed by atoms with Gasteiger partial charge in [-0.05, 0) is 52.8 Å². The molecule has 1 saturated heterocycles. The van der Waals surface area contributed by atoms with Crippen LogP contribution in [0, 0.1) is 0 Å². The number of ether oxygens (including phenoxy) is 2. The molecular weight excluding hydrogens is 610 g/mol. The third kappa shape index (κ3) is 6.34. The van der Waals surface area contributed by atoms with Gasteiger partial charge in [0.15, 0.2) is 11.9 Å². The van der Waals surface area contributed by atoms with Crippen molar-refractivity contribution >= 4 is 35.5 Å². The van der Waals surface area contributed by atoms with E-state index in [1.807, 2.05) is 42.2 Å². The van der Waals surface area contributed by atoms with Crippen molar-refractivity contribution in [3.63, 3.8) is 0 Å². The average molecular weight is 647 g/mol. The second-order valence-electron chi connectivity index (χ2n) is 11.3. The Labute approximate surface area is 257 Å². The molecule has 6 atom stereocenters. The summed E-state index contributed by atoms with van der Waals surface area (Å²) in [6.45, 7) is 7.76. The van der Waals surface area contributed by atoms with Crippen LogP contribution in [0.2, 0.25) is 0 Å². The van der Waals surface area contributed by atoms with Crippen molar-refractivity contribution in [1.82, 2.24) is 19.2 Å². The molecule has 15 heteroatoms. The molecule has 2 aromatic heterocycles. The minimum Gasteiger partial charge on any atom is -0.462 e. The number of benzene rings is 2. The van der Waals surface area contributed by atoms with Crippen molar-refractivity contribution in [3.05, 3.63) is 75.6 Å². The van der Waals surface area contributed by atoms with E-state index in [1.54, 1.807) is 26.0 Å². The number of carbonyl (C=O) groups is 1. The fraction of sp³-hybridized carbons (Fsp3) is 0.433. The number of hydrogen-bond donors (Lipinski definition) is 3. The van der Waals surface area contributed by atoms with E-state index in [4.69, 9.17) is 18.5 Å². The zero-order valence-corrected chi connectivity index (χ0v) is 26.3. The number of carbonyl (C=O) groups excluding carboxylic acids is 1. The number of aliphatic hydroxyl groups excluding tert-OH is 1. The summed E-state index contributed by atoms with van der Waals surface area (Å²) < 4.78 is 55.8. The van der Waals surface area contributed by atoms with Gasteiger partial charge in [-0.3, -0.25) is 23.7 Å². The maximum Gasteiger partial charge on any atom is 0.459 e. The first-order valence-electron chi connectivity index (χ1n) is 14.5. The monoisotopic (exact) mass is 646 g/mol. The predicted octanol–water partition coefficient (Wildman–Crippen LogP) is 3.78. The normalized spacial score (nSPS) is 23.8. The first-order chi connectivity index (χ1) is 21.3. The first kappa shape index (κ1) is 32.6. The van der Waals surface area contributed by atoms with E-state index in [1.165, 1.54) is 6.92 Å². The van der Waals surface area contributed by atoms with Gasteiger partial charge in [0.2, 0.25) is 0 Å². The van der Waals surface area contributed by atoms with Crippen LogP contribution < -0.4 is 20.9 Å². The summed E-state index contributed by atoms with van der Waals surface area (Å²) in [5.74, 6) is -0.527. The number of alkyl halides is 1. The van der Waals surface area contributed by atoms with Gasteiger partial charge in [-0.15, -0.1) is 0 Å². The Hall–Kier alpha value is -3.81. The number of aromatic amines is 1. The third-order valence-corrected chi connectivity index (χ3v) is 9.21. The number of aliphatic hydroxyl groups is 1. The largest absolute Gasteiger partial charge is 0.462 e. The molecule has 45 heavy (non-hydrogen) atoms. The van der Waals surface area contributed by atoms with Gasteiger partial charge < -0.3 is 23.7 Å². The van der Waals surface area contributed by atoms with Crippen LogP contribution >= 0.6 is 7.75 Å². The van der Waals surface area contributed by atoms with Crippen molar-refractivity contribution in [2.75, 3.05) is 6.61 Å². The second kappa shape index (κ2) is 12.5. The highest BCUT2D eigenvalue weighted by Crippen LogP contribution is 2.50. The smallest absolute Gasteiger partial charge is 0.459 e. The molecule has 2 aromatic carbocycles. The Morgan fingerprint density at radius 1 is 1.16 bits per heavy atom. The van der Waals surface area contributed by atoms with Gasteiger partial charge in [-0.1, -0.05) is 24.3 Å². The van der Waals surface area contributed by atoms with Gasteiger partial charge in [0.05, 0.1) is 23.6 Å². The number of aryl methyl sites for hydroxylation is 1. The summed E-state index contributed by atoms with van der Waals surface area (Å²) in [6, 6.07) is 12.7. The summed E-state index contributed by atoms with van der Waals surface area (Å²) in [6.07, 6.45) is -4.32. The van der Waals surface area contributed by atoms with E-state index < -0.39 is 67.8 Å². The van der Waals surface area contributed by atoms with Gasteiger partial charge in [-0.25, -0.2) is 13.8 Å². The quantitative estimate of drug-likeness (QED) is 0.161. The zero-order chi connectivity index (χ0) is 32.7. The minimum absolute atomic E-state index is 0.192. The van der Waals surface area contributed by atoms with Crippen LogP contribution in [0.1, 0.15) is 40.8 Å². The number of para-hydroxylation sites is 1. The summed E-state index contributed by atoms with van der Waals surface area (Å²) >= 11 is 0. The number of nitrogens with one attached hydrogen (secondary N) is 2. The number of esters is 1. The van der Waals surface area contributed by atoms with Gasteiger partial charge in [0.1, 0.15) is 24.0 Å². The van der Waals surface area contributed by atoms with E-state index in [0.29, 0.717) is 11.9 Å². The van der Waals surface area contributed by atoms with E-state index >= 15 is 4.39 Å². The van der Waals surface area contributed by atoms with Gasteiger partial charge in [-0.2, -0.15) is 5.09 Å². The van der Waals surface area contributed by atoms with Crippen LogP contribution in [-0.2, 0) is 29.9 Å². The summed E-state index contributed by atoms with van der Waals surface area (Å²) in [5, 5.41) is 14.9. The fourth-order valence-electron chi connectivity index (χ4n) is 5.46. The van der Waals surface area contributed by atoms with Crippen molar-refractivity contribution in [2.45, 2.75) is 77.4 Å². The lowest BCUT2D eigenvalue weighted by atomic mass is 9.98. The molecule has 3 N–H and O–H groups in total. The standard InChI is InChI=1S/C30H36FN4O9P/c1-6-34-20-11-8-7-10-19(20)25-21(34)12-9-13-22(25)44-45(40,33-18(4)27(38)42-17(2)3)41-16-23-26(37)30(5,31)28(43-23)35-15-14-24(36)32-29(35)39/h7-15,17-18,23,26,28,37H,6,16H2,1-5H3,(H,33,40)(H,32,36,39). The molecule has 6 unspecified atom stereocenters. The van der Waals surface area contributed by atoms with Gasteiger partial charge in [0, 0.05) is 29.7 Å². The molecule has 4 aromatic rings. The van der Waals surface area contributed by atoms with Crippen LogP contribution in [0.4, 0.5) is 4.39 Å². The van der Waals surface area contributed by atoms with E-state index in [9.17, 15) is 24.1 Å². The van der Waals surface area contributed by atoms with Gasteiger partial charge >= 0.3 is 19.4 Å². The molecule has 0 spiro atoms. The third-order valence-electron chi connectivity index (χ3n) is 7.58. The number of hydrogen-bond acceptors (Lipinski definition) is 9. The molecule has 1 fully saturated rings. The highest BCUT2D eigenvalue weighted by molar-refractivity contribution is 7.52. The molecule has 0 bridgehead atoms. The predicted molar refractivity (Wildman–Crippen MR) is 164 cm³/mol. The summed E-state index contributed by atoms with van der Waals surface area (Å²) in [4.78, 5) is 38.6. The molecule has 1 aliphatic heterocycles. The highest BCUT2D eigenvalue weighted by atomic mass is 31.2. The molecule has 0 aliphatic carbocycles. The molecule has 13 nitrogen and oxygen atoms in total. The van der Waals surface area contributed by atoms with Crippen molar-refractivity contribution in [1.29, 1.82) is 0 Å². The van der Waals surface area contributed by atoms with Crippen LogP contribution in [0.5, 0.6) is 5.75 Å². The lowest BCUT2D eigenvalue weighted by Crippen LogP contribution is -2.43. The lowest BCUT2D eigenvalue weighted by molar-refractivity contribution is -0.149. The van der Waals surface area contributed by atoms with E-state index in [0.717, 1.165) is 40.2 Å². The molecule has 5 rings (SSSR count). The maximum absolute atomic E-state index is 15.8. The Bertz CT molecular complexity index is 1880. The van der Waals surface area contributed by atoms with E-state index in [-0.39, 0.29) is 5.75 Å². The number of rotatable bonds is 11. The topological polar surface area (TPSA) is 163 Å². The Morgan fingerprint density at radius 3 is 2.56 bits per heavy atom. The highest BCUT2D eigenvalue weighted by Gasteiger charge is 2.56. The Balaban J connectivity index is 1.48. The van der Waals surface area contributed by atoms with Gasteiger partial charge in [0.25, 0.3) is 5.56 Å². The zero-order valence-electron chi connectivity index (χ0n) is 25.4. The Morgan fingerprint density at radius 2 is 1.87 bits per heavy atom. The van der Waals surface area contributed by atoms with Crippen molar-refractivity contribution in [3.8, 4) is 5.75 Å². The van der Waals surface area contributed by atoms with Crippen LogP contribution in [0.3, 0.4) is 0 Å². The summed E-state index contributed by atoms with van der Waals surface area (Å²) in [5.41, 5.74) is -2.42. The van der Waals surface area contributed by atoms with Crippen molar-refractivity contribution in [2.24, 2.45) is 0 Å². The number of fused-ring (bicyclic) bond motifs is 3. The number of nitrogens with zero attached hydrogens (tertiary/aromatic N) is 2. The van der Waals surface area contributed by atoms with Crippen LogP contribution in [0.15, 0.2) is 64.3 Å². The summed E-state index contributed by atoms with van der Waals surface area (Å²) in [7, 11) is -4.49.